The fourth-order valence-electron chi connectivity index (χ4n) is 5.32. The summed E-state index contributed by atoms with van der Waals surface area (Å²) in [6.07, 6.45) is 4.29. The van der Waals surface area contributed by atoms with Crippen LogP contribution in [0.15, 0.2) is 23.1 Å². The zero-order chi connectivity index (χ0) is 23.8. The van der Waals surface area contributed by atoms with Crippen LogP contribution >= 0.6 is 0 Å². The van der Waals surface area contributed by atoms with Gasteiger partial charge in [0, 0.05) is 13.1 Å². The van der Waals surface area contributed by atoms with Crippen LogP contribution in [0.2, 0.25) is 0 Å². The van der Waals surface area contributed by atoms with Crippen LogP contribution in [-0.4, -0.2) is 55.1 Å². The monoisotopic (exact) mass is 476 g/mol. The Bertz CT molecular complexity index is 1020. The number of rotatable bonds is 6. The van der Waals surface area contributed by atoms with E-state index < -0.39 is 10.0 Å². The summed E-state index contributed by atoms with van der Waals surface area (Å²) in [5.74, 6) is -1.25. The predicted octanol–water partition coefficient (Wildman–Crippen LogP) is 2.63. The van der Waals surface area contributed by atoms with Gasteiger partial charge in [-0.3, -0.25) is 19.3 Å². The lowest BCUT2D eigenvalue weighted by Gasteiger charge is -2.30. The molecule has 0 unspecified atom stereocenters. The van der Waals surface area contributed by atoms with Gasteiger partial charge < -0.3 is 4.74 Å². The Hall–Kier alpha value is -2.26. The number of benzene rings is 1. The number of amides is 2. The standard InChI is InChI=1S/C24H32N2O6S/c1-3-32-24(29)18-10-12-25(13-11-18)33(30,31)21-14-17(9-8-16(21)2)15-26-22(27)19-6-4-5-7-20(19)23(26)28/h8-9,14,18-20H,3-7,10-13,15H2,1-2H3/t19-,20-/m0/s1. The van der Waals surface area contributed by atoms with Crippen LogP contribution in [0.4, 0.5) is 0 Å². The number of carbonyl (C=O) groups excluding carboxylic acids is 3. The molecule has 0 bridgehead atoms. The highest BCUT2D eigenvalue weighted by molar-refractivity contribution is 7.89. The minimum atomic E-state index is -3.77. The third-order valence-corrected chi connectivity index (χ3v) is 9.26. The SMILES string of the molecule is CCOC(=O)C1CCN(S(=O)(=O)c2cc(CN3C(=O)[C@H]4CCCC[C@@H]4C3=O)ccc2C)CC1. The van der Waals surface area contributed by atoms with E-state index in [1.807, 2.05) is 0 Å². The molecule has 2 saturated heterocycles. The zero-order valence-corrected chi connectivity index (χ0v) is 20.1. The Morgan fingerprint density at radius 3 is 2.21 bits per heavy atom. The minimum absolute atomic E-state index is 0.0956. The molecular weight excluding hydrogens is 444 g/mol. The first kappa shape index (κ1) is 23.9. The maximum Gasteiger partial charge on any atom is 0.309 e. The molecule has 2 amide bonds. The molecule has 33 heavy (non-hydrogen) atoms. The second kappa shape index (κ2) is 9.54. The van der Waals surface area contributed by atoms with Crippen LogP contribution in [0, 0.1) is 24.7 Å². The van der Waals surface area contributed by atoms with Gasteiger partial charge in [0.05, 0.1) is 35.8 Å². The number of esters is 1. The van der Waals surface area contributed by atoms with Crippen molar-refractivity contribution in [2.45, 2.75) is 63.8 Å². The van der Waals surface area contributed by atoms with E-state index in [-0.39, 0.29) is 60.1 Å². The summed E-state index contributed by atoms with van der Waals surface area (Å²) in [5, 5.41) is 0. The maximum atomic E-state index is 13.4. The van der Waals surface area contributed by atoms with Crippen molar-refractivity contribution in [1.29, 1.82) is 0 Å². The number of carbonyl (C=O) groups is 3. The molecule has 0 aromatic heterocycles. The molecule has 4 rings (SSSR count). The van der Waals surface area contributed by atoms with E-state index in [4.69, 9.17) is 4.74 Å². The van der Waals surface area contributed by atoms with Crippen molar-refractivity contribution in [2.24, 2.45) is 17.8 Å². The van der Waals surface area contributed by atoms with Crippen molar-refractivity contribution in [3.8, 4) is 0 Å². The molecule has 3 fully saturated rings. The summed E-state index contributed by atoms with van der Waals surface area (Å²) in [7, 11) is -3.77. The van der Waals surface area contributed by atoms with Crippen molar-refractivity contribution in [3.63, 3.8) is 0 Å². The van der Waals surface area contributed by atoms with Crippen molar-refractivity contribution >= 4 is 27.8 Å². The third kappa shape index (κ3) is 4.57. The van der Waals surface area contributed by atoms with Gasteiger partial charge in [-0.25, -0.2) is 8.42 Å². The van der Waals surface area contributed by atoms with Gasteiger partial charge in [-0.1, -0.05) is 25.0 Å². The Balaban J connectivity index is 1.50. The van der Waals surface area contributed by atoms with Gasteiger partial charge in [-0.15, -0.1) is 0 Å². The highest BCUT2D eigenvalue weighted by Gasteiger charge is 2.48. The van der Waals surface area contributed by atoms with Crippen molar-refractivity contribution < 1.29 is 27.5 Å². The van der Waals surface area contributed by atoms with Crippen LogP contribution in [0.3, 0.4) is 0 Å². The molecular formula is C24H32N2O6S. The Morgan fingerprint density at radius 1 is 1.03 bits per heavy atom. The molecule has 3 aliphatic rings. The lowest BCUT2D eigenvalue weighted by molar-refractivity contribution is -0.149. The van der Waals surface area contributed by atoms with Crippen molar-refractivity contribution in [2.75, 3.05) is 19.7 Å². The highest BCUT2D eigenvalue weighted by Crippen LogP contribution is 2.39. The molecule has 8 nitrogen and oxygen atoms in total. The number of likely N-dealkylation sites (tertiary alicyclic amines) is 1. The number of hydrogen-bond acceptors (Lipinski definition) is 6. The van der Waals surface area contributed by atoms with Gasteiger partial charge in [0.15, 0.2) is 0 Å². The summed E-state index contributed by atoms with van der Waals surface area (Å²) >= 11 is 0. The summed E-state index contributed by atoms with van der Waals surface area (Å²) in [4.78, 5) is 39.1. The topological polar surface area (TPSA) is 101 Å². The van der Waals surface area contributed by atoms with Gasteiger partial charge in [0.2, 0.25) is 21.8 Å². The van der Waals surface area contributed by atoms with E-state index in [1.165, 1.54) is 9.21 Å². The smallest absolute Gasteiger partial charge is 0.309 e. The van der Waals surface area contributed by atoms with E-state index in [2.05, 4.69) is 0 Å². The zero-order valence-electron chi connectivity index (χ0n) is 19.3. The molecule has 180 valence electrons. The predicted molar refractivity (Wildman–Crippen MR) is 120 cm³/mol. The summed E-state index contributed by atoms with van der Waals surface area (Å²) in [6.45, 7) is 4.41. The fraction of sp³-hybridized carbons (Fsp3) is 0.625. The van der Waals surface area contributed by atoms with E-state index in [0.29, 0.717) is 30.6 Å². The average Bonchev–Trinajstić information content (AvgIpc) is 3.05. The number of piperidine rings is 1. The molecule has 1 aromatic rings. The summed E-state index contributed by atoms with van der Waals surface area (Å²) < 4.78 is 33.3. The molecule has 1 aromatic carbocycles. The lowest BCUT2D eigenvalue weighted by atomic mass is 9.81. The summed E-state index contributed by atoms with van der Waals surface area (Å²) in [6, 6.07) is 5.10. The van der Waals surface area contributed by atoms with Gasteiger partial charge >= 0.3 is 5.97 Å². The maximum absolute atomic E-state index is 13.4. The second-order valence-electron chi connectivity index (χ2n) is 9.29. The number of imide groups is 1. The molecule has 0 N–H and O–H groups in total. The molecule has 0 spiro atoms. The minimum Gasteiger partial charge on any atom is -0.466 e. The number of aryl methyl sites for hydroxylation is 1. The number of sulfonamides is 1. The quantitative estimate of drug-likeness (QED) is 0.462. The molecule has 2 atom stereocenters. The van der Waals surface area contributed by atoms with Gasteiger partial charge in [-0.2, -0.15) is 4.31 Å². The molecule has 2 aliphatic heterocycles. The first-order valence-electron chi connectivity index (χ1n) is 11.9. The van der Waals surface area contributed by atoms with E-state index in [0.717, 1.165) is 25.7 Å². The first-order chi connectivity index (χ1) is 15.7. The van der Waals surface area contributed by atoms with E-state index >= 15 is 0 Å². The number of hydrogen-bond donors (Lipinski definition) is 0. The Labute approximate surface area is 195 Å². The Kier molecular flexibility index (Phi) is 6.91. The average molecular weight is 477 g/mol. The van der Waals surface area contributed by atoms with Gasteiger partial charge in [0.25, 0.3) is 0 Å². The number of fused-ring (bicyclic) bond motifs is 1. The second-order valence-corrected chi connectivity index (χ2v) is 11.2. The van der Waals surface area contributed by atoms with Gasteiger partial charge in [-0.05, 0) is 56.7 Å². The van der Waals surface area contributed by atoms with Gasteiger partial charge in [0.1, 0.15) is 0 Å². The lowest BCUT2D eigenvalue weighted by Crippen LogP contribution is -2.40. The molecule has 1 saturated carbocycles. The van der Waals surface area contributed by atoms with Crippen LogP contribution < -0.4 is 0 Å². The van der Waals surface area contributed by atoms with Crippen LogP contribution in [0.5, 0.6) is 0 Å². The molecule has 1 aliphatic carbocycles. The van der Waals surface area contributed by atoms with Crippen LogP contribution in [-0.2, 0) is 35.7 Å². The van der Waals surface area contributed by atoms with Crippen molar-refractivity contribution in [3.05, 3.63) is 29.3 Å². The first-order valence-corrected chi connectivity index (χ1v) is 13.3. The largest absolute Gasteiger partial charge is 0.466 e. The molecule has 0 radical (unpaired) electrons. The third-order valence-electron chi connectivity index (χ3n) is 7.22. The fourth-order valence-corrected chi connectivity index (χ4v) is 7.07. The van der Waals surface area contributed by atoms with Crippen LogP contribution in [0.1, 0.15) is 56.6 Å². The number of nitrogens with zero attached hydrogens (tertiary/aromatic N) is 2. The summed E-state index contributed by atoms with van der Waals surface area (Å²) in [5.41, 5.74) is 1.24. The van der Waals surface area contributed by atoms with Crippen molar-refractivity contribution in [1.82, 2.24) is 9.21 Å². The normalized spacial score (nSPS) is 24.7. The molecule has 9 heteroatoms. The highest BCUT2D eigenvalue weighted by atomic mass is 32.2. The van der Waals surface area contributed by atoms with E-state index in [9.17, 15) is 22.8 Å². The molecule has 2 heterocycles. The van der Waals surface area contributed by atoms with Crippen LogP contribution in [0.25, 0.3) is 0 Å². The number of ether oxygens (including phenoxy) is 1. The Morgan fingerprint density at radius 2 is 1.64 bits per heavy atom. The van der Waals surface area contributed by atoms with E-state index in [1.54, 1.807) is 32.0 Å².